The Morgan fingerprint density at radius 1 is 1.62 bits per heavy atom. The van der Waals surface area contributed by atoms with Gasteiger partial charge in [0, 0.05) is 4.88 Å². The highest BCUT2D eigenvalue weighted by Gasteiger charge is 2.33. The number of carbonyl (C=O) groups is 1. The molecule has 0 radical (unpaired) electrons. The molecule has 0 bridgehead atoms. The quantitative estimate of drug-likeness (QED) is 0.441. The Labute approximate surface area is 89.8 Å². The van der Waals surface area contributed by atoms with E-state index in [1.54, 1.807) is 17.4 Å². The highest BCUT2D eigenvalue weighted by Crippen LogP contribution is 2.48. The lowest BCUT2D eigenvalue weighted by atomic mass is 10.3. The third kappa shape index (κ3) is 1.82. The number of alkyl halides is 1. The van der Waals surface area contributed by atoms with E-state index in [4.69, 9.17) is 11.6 Å². The van der Waals surface area contributed by atoms with Gasteiger partial charge in [0.25, 0.3) is 0 Å². The van der Waals surface area contributed by atoms with Crippen LogP contribution in [0.1, 0.15) is 10.1 Å². The van der Waals surface area contributed by atoms with Crippen LogP contribution in [0.5, 0.6) is 0 Å². The van der Waals surface area contributed by atoms with Crippen LogP contribution in [0.4, 0.5) is 0 Å². The lowest BCUT2D eigenvalue weighted by Gasteiger charge is -2.12. The Morgan fingerprint density at radius 3 is 3.00 bits per heavy atom. The second-order valence-electron chi connectivity index (χ2n) is 2.73. The molecule has 1 aliphatic rings. The van der Waals surface area contributed by atoms with E-state index in [-0.39, 0.29) is 5.25 Å². The van der Waals surface area contributed by atoms with E-state index in [1.165, 1.54) is 16.6 Å². The molecule has 2 atom stereocenters. The summed E-state index contributed by atoms with van der Waals surface area (Å²) in [6.07, 6.45) is 4.53. The summed E-state index contributed by atoms with van der Waals surface area (Å²) in [6.45, 7) is 0. The summed E-state index contributed by atoms with van der Waals surface area (Å²) < 4.78 is -0.839. The van der Waals surface area contributed by atoms with Crippen molar-refractivity contribution in [2.45, 2.75) is 9.46 Å². The van der Waals surface area contributed by atoms with E-state index in [0.717, 1.165) is 6.29 Å². The minimum Gasteiger partial charge on any atom is -0.300 e. The van der Waals surface area contributed by atoms with Crippen molar-refractivity contribution in [2.75, 3.05) is 0 Å². The van der Waals surface area contributed by atoms with Crippen LogP contribution < -0.4 is 0 Å². The van der Waals surface area contributed by atoms with Crippen LogP contribution in [0.25, 0.3) is 0 Å². The van der Waals surface area contributed by atoms with E-state index < -0.39 is 4.21 Å². The monoisotopic (exact) mass is 230 g/mol. The average molecular weight is 231 g/mol. The molecule has 0 fully saturated rings. The SMILES string of the molecule is O=CC1(Cl)C=CC(c2cccs2)S1. The maximum atomic E-state index is 10.6. The zero-order chi connectivity index (χ0) is 9.31. The van der Waals surface area contributed by atoms with Crippen molar-refractivity contribution in [3.8, 4) is 0 Å². The topological polar surface area (TPSA) is 17.1 Å². The van der Waals surface area contributed by atoms with Crippen molar-refractivity contribution < 1.29 is 4.79 Å². The second-order valence-corrected chi connectivity index (χ2v) is 5.98. The molecule has 0 aliphatic carbocycles. The molecule has 2 rings (SSSR count). The summed E-state index contributed by atoms with van der Waals surface area (Å²) in [4.78, 5) is 11.9. The van der Waals surface area contributed by atoms with Crippen LogP contribution in [0.3, 0.4) is 0 Å². The van der Waals surface area contributed by atoms with Crippen molar-refractivity contribution >= 4 is 41.0 Å². The summed E-state index contributed by atoms with van der Waals surface area (Å²) in [5, 5.41) is 2.27. The predicted molar refractivity (Wildman–Crippen MR) is 58.4 cm³/mol. The standard InChI is InChI=1S/C9H7ClOS2/c10-9(6-11)4-3-8(13-9)7-2-1-5-12-7/h1-6,8H. The van der Waals surface area contributed by atoms with Gasteiger partial charge in [-0.25, -0.2) is 0 Å². The fraction of sp³-hybridized carbons (Fsp3) is 0.222. The molecule has 0 saturated carbocycles. The minimum absolute atomic E-state index is 0.239. The Morgan fingerprint density at radius 2 is 2.46 bits per heavy atom. The molecule has 68 valence electrons. The van der Waals surface area contributed by atoms with Gasteiger partial charge in [0.2, 0.25) is 0 Å². The summed E-state index contributed by atoms with van der Waals surface area (Å²) in [5.74, 6) is 0. The number of thiophene rings is 1. The van der Waals surface area contributed by atoms with E-state index in [9.17, 15) is 4.79 Å². The molecule has 0 aromatic carbocycles. The van der Waals surface area contributed by atoms with E-state index in [1.807, 2.05) is 17.5 Å². The maximum Gasteiger partial charge on any atom is 0.164 e. The van der Waals surface area contributed by atoms with Gasteiger partial charge < -0.3 is 4.79 Å². The van der Waals surface area contributed by atoms with Gasteiger partial charge in [-0.15, -0.1) is 23.1 Å². The fourth-order valence-corrected chi connectivity index (χ4v) is 3.47. The molecule has 1 aliphatic heterocycles. The average Bonchev–Trinajstić information content (AvgIpc) is 2.73. The molecule has 13 heavy (non-hydrogen) atoms. The first-order valence-electron chi connectivity index (χ1n) is 3.79. The second kappa shape index (κ2) is 3.48. The lowest BCUT2D eigenvalue weighted by molar-refractivity contribution is -0.107. The van der Waals surface area contributed by atoms with Gasteiger partial charge in [0.05, 0.1) is 5.25 Å². The van der Waals surface area contributed by atoms with Gasteiger partial charge in [0.1, 0.15) is 0 Å². The van der Waals surface area contributed by atoms with Gasteiger partial charge in [0.15, 0.2) is 10.5 Å². The molecular weight excluding hydrogens is 224 g/mol. The highest BCUT2D eigenvalue weighted by atomic mass is 35.5. The zero-order valence-electron chi connectivity index (χ0n) is 6.64. The van der Waals surface area contributed by atoms with Crippen LogP contribution in [-0.4, -0.2) is 10.5 Å². The fourth-order valence-electron chi connectivity index (χ4n) is 1.16. The molecule has 2 heterocycles. The van der Waals surface area contributed by atoms with Crippen LogP contribution >= 0.6 is 34.7 Å². The van der Waals surface area contributed by atoms with Crippen LogP contribution in [0, 0.1) is 0 Å². The van der Waals surface area contributed by atoms with E-state index >= 15 is 0 Å². The molecule has 1 nitrogen and oxygen atoms in total. The molecule has 1 aromatic heterocycles. The van der Waals surface area contributed by atoms with Crippen molar-refractivity contribution in [3.05, 3.63) is 34.5 Å². The predicted octanol–water partition coefficient (Wildman–Crippen LogP) is 3.23. The first-order chi connectivity index (χ1) is 6.23. The largest absolute Gasteiger partial charge is 0.300 e. The van der Waals surface area contributed by atoms with E-state index in [2.05, 4.69) is 6.07 Å². The Balaban J connectivity index is 2.17. The first kappa shape index (κ1) is 9.31. The van der Waals surface area contributed by atoms with Crippen molar-refractivity contribution in [1.82, 2.24) is 0 Å². The van der Waals surface area contributed by atoms with Crippen molar-refractivity contribution in [2.24, 2.45) is 0 Å². The first-order valence-corrected chi connectivity index (χ1v) is 5.93. The third-order valence-electron chi connectivity index (χ3n) is 1.79. The Hall–Kier alpha value is -0.250. The minimum atomic E-state index is -0.839. The van der Waals surface area contributed by atoms with Gasteiger partial charge in [-0.3, -0.25) is 0 Å². The number of carbonyl (C=O) groups excluding carboxylic acids is 1. The number of hydrogen-bond donors (Lipinski definition) is 0. The molecule has 0 saturated heterocycles. The zero-order valence-corrected chi connectivity index (χ0v) is 9.03. The number of thioether (sulfide) groups is 1. The summed E-state index contributed by atoms with van der Waals surface area (Å²) in [7, 11) is 0. The molecular formula is C9H7ClOS2. The molecule has 0 amide bonds. The Kier molecular flexibility index (Phi) is 2.49. The summed E-state index contributed by atoms with van der Waals surface area (Å²) >= 11 is 9.13. The normalized spacial score (nSPS) is 32.2. The van der Waals surface area contributed by atoms with Crippen molar-refractivity contribution in [3.63, 3.8) is 0 Å². The van der Waals surface area contributed by atoms with Crippen LogP contribution in [-0.2, 0) is 4.79 Å². The van der Waals surface area contributed by atoms with Crippen LogP contribution in [0.2, 0.25) is 0 Å². The summed E-state index contributed by atoms with van der Waals surface area (Å²) in [6, 6.07) is 4.06. The molecule has 0 N–H and O–H groups in total. The van der Waals surface area contributed by atoms with E-state index in [0.29, 0.717) is 0 Å². The number of rotatable bonds is 2. The maximum absolute atomic E-state index is 10.6. The highest BCUT2D eigenvalue weighted by molar-refractivity contribution is 8.03. The lowest BCUT2D eigenvalue weighted by Crippen LogP contribution is -2.11. The molecule has 4 heteroatoms. The molecule has 2 unspecified atom stereocenters. The van der Waals surface area contributed by atoms with Crippen molar-refractivity contribution in [1.29, 1.82) is 0 Å². The Bertz CT molecular complexity index is 333. The van der Waals surface area contributed by atoms with Gasteiger partial charge in [-0.2, -0.15) is 0 Å². The van der Waals surface area contributed by atoms with Gasteiger partial charge in [-0.1, -0.05) is 23.7 Å². The van der Waals surface area contributed by atoms with Crippen LogP contribution in [0.15, 0.2) is 29.7 Å². The number of halogens is 1. The molecule has 0 spiro atoms. The number of hydrogen-bond acceptors (Lipinski definition) is 3. The molecule has 1 aromatic rings. The van der Waals surface area contributed by atoms with Gasteiger partial charge in [-0.05, 0) is 17.5 Å². The van der Waals surface area contributed by atoms with Gasteiger partial charge >= 0.3 is 0 Å². The summed E-state index contributed by atoms with van der Waals surface area (Å²) in [5.41, 5.74) is 0. The number of aldehydes is 1. The smallest absolute Gasteiger partial charge is 0.164 e. The third-order valence-corrected chi connectivity index (χ3v) is 4.64.